The van der Waals surface area contributed by atoms with Gasteiger partial charge in [-0.1, -0.05) is 6.07 Å². The van der Waals surface area contributed by atoms with Crippen molar-refractivity contribution in [1.82, 2.24) is 4.98 Å². The van der Waals surface area contributed by atoms with E-state index >= 15 is 0 Å². The van der Waals surface area contributed by atoms with Crippen LogP contribution in [0.3, 0.4) is 0 Å². The topological polar surface area (TPSA) is 64.9 Å². The van der Waals surface area contributed by atoms with E-state index in [-0.39, 0.29) is 12.4 Å². The van der Waals surface area contributed by atoms with Gasteiger partial charge in [0, 0.05) is 22.1 Å². The highest BCUT2D eigenvalue weighted by Gasteiger charge is 2.02. The van der Waals surface area contributed by atoms with Crippen LogP contribution < -0.4 is 11.5 Å². The zero-order valence-electron chi connectivity index (χ0n) is 9.05. The first-order chi connectivity index (χ1) is 7.74. The fraction of sp³-hybridized carbons (Fsp3) is 0. The molecule has 17 heavy (non-hydrogen) atoms. The molecule has 86 valence electrons. The Morgan fingerprint density at radius 2 is 1.71 bits per heavy atom. The second kappa shape index (κ2) is 4.11. The predicted octanol–water partition coefficient (Wildman–Crippen LogP) is 2.97. The lowest BCUT2D eigenvalue weighted by Gasteiger charge is -2.04. The van der Waals surface area contributed by atoms with Crippen molar-refractivity contribution >= 4 is 45.6 Å². The molecule has 0 amide bonds. The molecule has 0 spiro atoms. The van der Waals surface area contributed by atoms with Crippen molar-refractivity contribution in [3.8, 4) is 0 Å². The van der Waals surface area contributed by atoms with Gasteiger partial charge in [0.05, 0.1) is 11.0 Å². The Morgan fingerprint density at radius 1 is 0.882 bits per heavy atom. The average Bonchev–Trinajstić information content (AvgIpc) is 2.28. The number of benzene rings is 2. The maximum Gasteiger partial charge on any atom is 0.0730 e. The zero-order valence-corrected chi connectivity index (χ0v) is 9.87. The summed E-state index contributed by atoms with van der Waals surface area (Å²) in [5.74, 6) is 0. The number of halogens is 1. The lowest BCUT2D eigenvalue weighted by Crippen LogP contribution is -1.90. The van der Waals surface area contributed by atoms with Crippen LogP contribution in [0.5, 0.6) is 0 Å². The van der Waals surface area contributed by atoms with E-state index in [1.54, 1.807) is 0 Å². The standard InChI is InChI=1S/C13H11N3.ClH/c14-9-4-5-12-8(6-9)7-10-11(15)2-1-3-13(10)16-12;/h1-7H,14-15H2;1H. The number of nitrogens with two attached hydrogens (primary N) is 2. The molecule has 4 heteroatoms. The molecule has 0 radical (unpaired) electrons. The number of hydrogen-bond donors (Lipinski definition) is 2. The summed E-state index contributed by atoms with van der Waals surface area (Å²) < 4.78 is 0. The molecule has 0 aliphatic rings. The lowest BCUT2D eigenvalue weighted by molar-refractivity contribution is 1.50. The number of hydrogen-bond acceptors (Lipinski definition) is 3. The van der Waals surface area contributed by atoms with Crippen LogP contribution in [-0.4, -0.2) is 4.98 Å². The van der Waals surface area contributed by atoms with E-state index in [0.29, 0.717) is 0 Å². The molecule has 4 N–H and O–H groups in total. The van der Waals surface area contributed by atoms with Crippen LogP contribution in [0.4, 0.5) is 11.4 Å². The normalized spacial score (nSPS) is 10.4. The summed E-state index contributed by atoms with van der Waals surface area (Å²) in [7, 11) is 0. The van der Waals surface area contributed by atoms with Gasteiger partial charge in [0.2, 0.25) is 0 Å². The number of anilines is 2. The van der Waals surface area contributed by atoms with Gasteiger partial charge in [-0.25, -0.2) is 4.98 Å². The van der Waals surface area contributed by atoms with E-state index < -0.39 is 0 Å². The smallest absolute Gasteiger partial charge is 0.0730 e. The maximum absolute atomic E-state index is 5.91. The minimum atomic E-state index is 0. The molecule has 3 rings (SSSR count). The molecular weight excluding hydrogens is 234 g/mol. The Bertz CT molecular complexity index is 695. The summed E-state index contributed by atoms with van der Waals surface area (Å²) in [5.41, 5.74) is 15.0. The van der Waals surface area contributed by atoms with Gasteiger partial charge in [-0.2, -0.15) is 0 Å². The summed E-state index contributed by atoms with van der Waals surface area (Å²) in [6, 6.07) is 13.5. The molecular formula is C13H12ClN3. The first-order valence-corrected chi connectivity index (χ1v) is 5.08. The number of nitrogens with zero attached hydrogens (tertiary/aromatic N) is 1. The third-order valence-corrected chi connectivity index (χ3v) is 2.71. The quantitative estimate of drug-likeness (QED) is 0.473. The van der Waals surface area contributed by atoms with Crippen molar-refractivity contribution in [1.29, 1.82) is 0 Å². The van der Waals surface area contributed by atoms with Crippen molar-refractivity contribution in [2.24, 2.45) is 0 Å². The molecule has 1 aromatic heterocycles. The molecule has 1 heterocycles. The van der Waals surface area contributed by atoms with Crippen molar-refractivity contribution in [2.75, 3.05) is 11.5 Å². The highest BCUT2D eigenvalue weighted by Crippen LogP contribution is 2.25. The minimum Gasteiger partial charge on any atom is -0.399 e. The number of aromatic nitrogens is 1. The van der Waals surface area contributed by atoms with E-state index in [4.69, 9.17) is 11.5 Å². The Labute approximate surface area is 105 Å². The Morgan fingerprint density at radius 3 is 2.53 bits per heavy atom. The summed E-state index contributed by atoms with van der Waals surface area (Å²) >= 11 is 0. The van der Waals surface area contributed by atoms with Crippen LogP contribution in [0.25, 0.3) is 21.8 Å². The largest absolute Gasteiger partial charge is 0.399 e. The molecule has 3 nitrogen and oxygen atoms in total. The van der Waals surface area contributed by atoms with Crippen molar-refractivity contribution in [2.45, 2.75) is 0 Å². The first kappa shape index (κ1) is 11.5. The molecule has 0 aliphatic heterocycles. The van der Waals surface area contributed by atoms with E-state index in [1.807, 2.05) is 42.5 Å². The van der Waals surface area contributed by atoms with Gasteiger partial charge in [-0.3, -0.25) is 0 Å². The summed E-state index contributed by atoms with van der Waals surface area (Å²) in [6.07, 6.45) is 0. The van der Waals surface area contributed by atoms with Gasteiger partial charge in [-0.15, -0.1) is 12.4 Å². The second-order valence-corrected chi connectivity index (χ2v) is 3.85. The van der Waals surface area contributed by atoms with Crippen LogP contribution in [0.2, 0.25) is 0 Å². The van der Waals surface area contributed by atoms with E-state index in [2.05, 4.69) is 4.98 Å². The lowest BCUT2D eigenvalue weighted by atomic mass is 10.1. The summed E-state index contributed by atoms with van der Waals surface area (Å²) in [5, 5.41) is 1.99. The third kappa shape index (κ3) is 1.85. The minimum absolute atomic E-state index is 0. The van der Waals surface area contributed by atoms with Crippen molar-refractivity contribution < 1.29 is 0 Å². The van der Waals surface area contributed by atoms with Crippen LogP contribution in [0.15, 0.2) is 42.5 Å². The molecule has 0 aliphatic carbocycles. The van der Waals surface area contributed by atoms with Crippen LogP contribution in [-0.2, 0) is 0 Å². The zero-order chi connectivity index (χ0) is 11.1. The Kier molecular flexibility index (Phi) is 2.77. The van der Waals surface area contributed by atoms with Gasteiger partial charge < -0.3 is 11.5 Å². The van der Waals surface area contributed by atoms with Crippen LogP contribution in [0, 0.1) is 0 Å². The monoisotopic (exact) mass is 245 g/mol. The van der Waals surface area contributed by atoms with Gasteiger partial charge in [0.1, 0.15) is 0 Å². The summed E-state index contributed by atoms with van der Waals surface area (Å²) in [6.45, 7) is 0. The number of pyridine rings is 1. The molecule has 0 unspecified atom stereocenters. The fourth-order valence-electron chi connectivity index (χ4n) is 1.90. The molecule has 2 aromatic carbocycles. The first-order valence-electron chi connectivity index (χ1n) is 5.08. The number of fused-ring (bicyclic) bond motifs is 2. The average molecular weight is 246 g/mol. The Hall–Kier alpha value is -2.00. The predicted molar refractivity (Wildman–Crippen MR) is 75.3 cm³/mol. The van der Waals surface area contributed by atoms with Crippen LogP contribution >= 0.6 is 12.4 Å². The van der Waals surface area contributed by atoms with Crippen molar-refractivity contribution in [3.05, 3.63) is 42.5 Å². The molecule has 0 atom stereocenters. The highest BCUT2D eigenvalue weighted by molar-refractivity contribution is 5.99. The SMILES string of the molecule is Cl.Nc1ccc2nc3cccc(N)c3cc2c1. The molecule has 0 bridgehead atoms. The van der Waals surface area contributed by atoms with Gasteiger partial charge in [-0.05, 0) is 36.4 Å². The molecule has 3 aromatic rings. The number of nitrogen functional groups attached to an aromatic ring is 2. The van der Waals surface area contributed by atoms with E-state index in [0.717, 1.165) is 33.2 Å². The molecule has 0 fully saturated rings. The summed E-state index contributed by atoms with van der Waals surface area (Å²) in [4.78, 5) is 4.54. The molecule has 0 saturated carbocycles. The maximum atomic E-state index is 5.91. The second-order valence-electron chi connectivity index (χ2n) is 3.85. The Balaban J connectivity index is 0.00000108. The van der Waals surface area contributed by atoms with Gasteiger partial charge in [0.25, 0.3) is 0 Å². The van der Waals surface area contributed by atoms with Crippen LogP contribution in [0.1, 0.15) is 0 Å². The molecule has 0 saturated heterocycles. The van der Waals surface area contributed by atoms with Gasteiger partial charge in [0.15, 0.2) is 0 Å². The third-order valence-electron chi connectivity index (χ3n) is 2.71. The van der Waals surface area contributed by atoms with E-state index in [1.165, 1.54) is 0 Å². The van der Waals surface area contributed by atoms with Gasteiger partial charge >= 0.3 is 0 Å². The van der Waals surface area contributed by atoms with Crippen molar-refractivity contribution in [3.63, 3.8) is 0 Å². The fourth-order valence-corrected chi connectivity index (χ4v) is 1.90. The number of rotatable bonds is 0. The van der Waals surface area contributed by atoms with E-state index in [9.17, 15) is 0 Å². The highest BCUT2D eigenvalue weighted by atomic mass is 35.5.